The zero-order valence-electron chi connectivity index (χ0n) is 14.0. The fourth-order valence-electron chi connectivity index (χ4n) is 2.77. The SMILES string of the molecule is Cc1ccc(C)c(NC(=O)C(C)N2C(=O)COc3ccccc32)c1. The van der Waals surface area contributed by atoms with Gasteiger partial charge in [-0.1, -0.05) is 24.3 Å². The molecule has 1 aliphatic heterocycles. The number of carbonyl (C=O) groups excluding carboxylic acids is 2. The lowest BCUT2D eigenvalue weighted by Crippen LogP contribution is -2.49. The predicted molar refractivity (Wildman–Crippen MR) is 93.4 cm³/mol. The summed E-state index contributed by atoms with van der Waals surface area (Å²) in [6.07, 6.45) is 0. The van der Waals surface area contributed by atoms with E-state index in [1.54, 1.807) is 19.1 Å². The lowest BCUT2D eigenvalue weighted by molar-refractivity contribution is -0.125. The van der Waals surface area contributed by atoms with Crippen molar-refractivity contribution in [3.63, 3.8) is 0 Å². The van der Waals surface area contributed by atoms with Crippen LogP contribution in [0.4, 0.5) is 11.4 Å². The lowest BCUT2D eigenvalue weighted by atomic mass is 10.1. The maximum Gasteiger partial charge on any atom is 0.265 e. The number of nitrogens with one attached hydrogen (secondary N) is 1. The highest BCUT2D eigenvalue weighted by atomic mass is 16.5. The molecule has 5 nitrogen and oxygen atoms in total. The molecule has 0 bridgehead atoms. The minimum absolute atomic E-state index is 0.0574. The zero-order valence-corrected chi connectivity index (χ0v) is 14.0. The van der Waals surface area contributed by atoms with Crippen molar-refractivity contribution < 1.29 is 14.3 Å². The van der Waals surface area contributed by atoms with Crippen molar-refractivity contribution in [3.05, 3.63) is 53.6 Å². The van der Waals surface area contributed by atoms with E-state index in [4.69, 9.17) is 4.74 Å². The fourth-order valence-corrected chi connectivity index (χ4v) is 2.77. The summed E-state index contributed by atoms with van der Waals surface area (Å²) in [5, 5.41) is 2.93. The average Bonchev–Trinajstić information content (AvgIpc) is 2.57. The first-order chi connectivity index (χ1) is 11.5. The molecule has 2 aromatic carbocycles. The van der Waals surface area contributed by atoms with Crippen molar-refractivity contribution in [3.8, 4) is 5.75 Å². The Hall–Kier alpha value is -2.82. The third kappa shape index (κ3) is 2.97. The molecule has 1 aliphatic rings. The molecule has 2 aromatic rings. The summed E-state index contributed by atoms with van der Waals surface area (Å²) in [5.74, 6) is 0.162. The summed E-state index contributed by atoms with van der Waals surface area (Å²) in [7, 11) is 0. The molecule has 5 heteroatoms. The van der Waals surface area contributed by atoms with Gasteiger partial charge in [-0.3, -0.25) is 14.5 Å². The molecule has 24 heavy (non-hydrogen) atoms. The number of benzene rings is 2. The Balaban J connectivity index is 1.86. The van der Waals surface area contributed by atoms with E-state index in [1.807, 2.05) is 44.2 Å². The predicted octanol–water partition coefficient (Wildman–Crippen LogP) is 3.06. The highest BCUT2D eigenvalue weighted by Crippen LogP contribution is 2.33. The number of carbonyl (C=O) groups is 2. The van der Waals surface area contributed by atoms with Crippen LogP contribution in [-0.2, 0) is 9.59 Å². The topological polar surface area (TPSA) is 58.6 Å². The van der Waals surface area contributed by atoms with E-state index in [1.165, 1.54) is 4.90 Å². The summed E-state index contributed by atoms with van der Waals surface area (Å²) in [4.78, 5) is 26.5. The standard InChI is InChI=1S/C19H20N2O3/c1-12-8-9-13(2)15(10-12)20-19(23)14(3)21-16-6-4-5-7-17(16)24-11-18(21)22/h4-10,14H,11H2,1-3H3,(H,20,23). The molecule has 2 amide bonds. The molecule has 0 saturated carbocycles. The summed E-state index contributed by atoms with van der Waals surface area (Å²) in [5.41, 5.74) is 3.43. The summed E-state index contributed by atoms with van der Waals surface area (Å²) in [6, 6.07) is 12.5. The van der Waals surface area contributed by atoms with Crippen LogP contribution in [0.25, 0.3) is 0 Å². The number of amides is 2. The van der Waals surface area contributed by atoms with Gasteiger partial charge in [0.15, 0.2) is 6.61 Å². The largest absolute Gasteiger partial charge is 0.482 e. The van der Waals surface area contributed by atoms with Crippen molar-refractivity contribution in [1.82, 2.24) is 0 Å². The monoisotopic (exact) mass is 324 g/mol. The molecule has 0 radical (unpaired) electrons. The van der Waals surface area contributed by atoms with Gasteiger partial charge in [0, 0.05) is 5.69 Å². The number of rotatable bonds is 3. The van der Waals surface area contributed by atoms with E-state index in [0.717, 1.165) is 16.8 Å². The molecular formula is C19H20N2O3. The molecule has 0 fully saturated rings. The summed E-state index contributed by atoms with van der Waals surface area (Å²) >= 11 is 0. The van der Waals surface area contributed by atoms with E-state index >= 15 is 0 Å². The minimum atomic E-state index is -0.637. The Morgan fingerprint density at radius 1 is 1.21 bits per heavy atom. The maximum atomic E-state index is 12.7. The van der Waals surface area contributed by atoms with Gasteiger partial charge >= 0.3 is 0 Å². The van der Waals surface area contributed by atoms with Crippen LogP contribution in [-0.4, -0.2) is 24.5 Å². The Labute approximate surface area is 141 Å². The van der Waals surface area contributed by atoms with E-state index < -0.39 is 6.04 Å². The van der Waals surface area contributed by atoms with Gasteiger partial charge < -0.3 is 10.1 Å². The van der Waals surface area contributed by atoms with Crippen LogP contribution < -0.4 is 15.0 Å². The second-order valence-electron chi connectivity index (χ2n) is 6.00. The third-order valence-electron chi connectivity index (χ3n) is 4.16. The average molecular weight is 324 g/mol. The molecule has 0 aliphatic carbocycles. The molecule has 1 N–H and O–H groups in total. The van der Waals surface area contributed by atoms with Crippen molar-refractivity contribution in [2.24, 2.45) is 0 Å². The molecule has 0 spiro atoms. The number of para-hydroxylation sites is 2. The maximum absolute atomic E-state index is 12.7. The quantitative estimate of drug-likeness (QED) is 0.944. The van der Waals surface area contributed by atoms with Gasteiger partial charge in [0.1, 0.15) is 11.8 Å². The number of ether oxygens (including phenoxy) is 1. The zero-order chi connectivity index (χ0) is 17.3. The first kappa shape index (κ1) is 16.1. The number of hydrogen-bond donors (Lipinski definition) is 1. The highest BCUT2D eigenvalue weighted by molar-refractivity contribution is 6.07. The number of nitrogens with zero attached hydrogens (tertiary/aromatic N) is 1. The van der Waals surface area contributed by atoms with Crippen LogP contribution >= 0.6 is 0 Å². The van der Waals surface area contributed by atoms with E-state index in [-0.39, 0.29) is 18.4 Å². The third-order valence-corrected chi connectivity index (χ3v) is 4.16. The van der Waals surface area contributed by atoms with Crippen molar-refractivity contribution >= 4 is 23.2 Å². The van der Waals surface area contributed by atoms with E-state index in [2.05, 4.69) is 5.32 Å². The smallest absolute Gasteiger partial charge is 0.265 e. The molecule has 124 valence electrons. The normalized spacial score (nSPS) is 14.6. The van der Waals surface area contributed by atoms with Crippen LogP contribution in [0.3, 0.4) is 0 Å². The van der Waals surface area contributed by atoms with Crippen LogP contribution in [0.15, 0.2) is 42.5 Å². The number of fused-ring (bicyclic) bond motifs is 1. The van der Waals surface area contributed by atoms with Crippen LogP contribution in [0.2, 0.25) is 0 Å². The van der Waals surface area contributed by atoms with Gasteiger partial charge in [-0.15, -0.1) is 0 Å². The first-order valence-electron chi connectivity index (χ1n) is 7.89. The van der Waals surface area contributed by atoms with Crippen molar-refractivity contribution in [2.75, 3.05) is 16.8 Å². The Morgan fingerprint density at radius 2 is 1.96 bits per heavy atom. The lowest BCUT2D eigenvalue weighted by Gasteiger charge is -2.33. The van der Waals surface area contributed by atoms with Crippen molar-refractivity contribution in [2.45, 2.75) is 26.8 Å². The van der Waals surface area contributed by atoms with E-state index in [0.29, 0.717) is 11.4 Å². The van der Waals surface area contributed by atoms with Gasteiger partial charge in [0.05, 0.1) is 5.69 Å². The molecule has 0 saturated heterocycles. The summed E-state index contributed by atoms with van der Waals surface area (Å²) in [6.45, 7) is 5.58. The second-order valence-corrected chi connectivity index (χ2v) is 6.00. The minimum Gasteiger partial charge on any atom is -0.482 e. The fraction of sp³-hybridized carbons (Fsp3) is 0.263. The van der Waals surface area contributed by atoms with Gasteiger partial charge in [-0.25, -0.2) is 0 Å². The van der Waals surface area contributed by atoms with Gasteiger partial charge in [0.25, 0.3) is 5.91 Å². The van der Waals surface area contributed by atoms with E-state index in [9.17, 15) is 9.59 Å². The van der Waals surface area contributed by atoms with Gasteiger partial charge in [0.2, 0.25) is 5.91 Å². The molecule has 1 heterocycles. The van der Waals surface area contributed by atoms with Crippen LogP contribution in [0.1, 0.15) is 18.1 Å². The Morgan fingerprint density at radius 3 is 2.75 bits per heavy atom. The molecular weight excluding hydrogens is 304 g/mol. The Kier molecular flexibility index (Phi) is 4.25. The highest BCUT2D eigenvalue weighted by Gasteiger charge is 2.32. The molecule has 0 aromatic heterocycles. The van der Waals surface area contributed by atoms with Crippen LogP contribution in [0.5, 0.6) is 5.75 Å². The molecule has 1 unspecified atom stereocenters. The molecule has 1 atom stereocenters. The van der Waals surface area contributed by atoms with Gasteiger partial charge in [-0.2, -0.15) is 0 Å². The van der Waals surface area contributed by atoms with Crippen molar-refractivity contribution in [1.29, 1.82) is 0 Å². The number of anilines is 2. The van der Waals surface area contributed by atoms with Crippen LogP contribution in [0, 0.1) is 13.8 Å². The molecule has 3 rings (SSSR count). The number of aryl methyl sites for hydroxylation is 2. The second kappa shape index (κ2) is 6.35. The Bertz CT molecular complexity index is 801. The van der Waals surface area contributed by atoms with Gasteiger partial charge in [-0.05, 0) is 50.1 Å². The number of hydrogen-bond acceptors (Lipinski definition) is 3. The summed E-state index contributed by atoms with van der Waals surface area (Å²) < 4.78 is 5.43. The first-order valence-corrected chi connectivity index (χ1v) is 7.89.